The Hall–Kier alpha value is -2.49. The molecular formula is C20H26N2O2. The van der Waals surface area contributed by atoms with Crippen molar-refractivity contribution < 1.29 is 9.53 Å². The summed E-state index contributed by atoms with van der Waals surface area (Å²) < 4.78 is 5.68. The Morgan fingerprint density at radius 3 is 2.62 bits per heavy atom. The van der Waals surface area contributed by atoms with E-state index in [1.165, 1.54) is 5.56 Å². The van der Waals surface area contributed by atoms with E-state index < -0.39 is 0 Å². The molecule has 128 valence electrons. The zero-order chi connectivity index (χ0) is 17.4. The molecule has 2 amide bonds. The molecule has 4 nitrogen and oxygen atoms in total. The third kappa shape index (κ3) is 5.01. The zero-order valence-corrected chi connectivity index (χ0v) is 14.7. The molecule has 0 aliphatic rings. The molecule has 0 fully saturated rings. The monoisotopic (exact) mass is 326 g/mol. The highest BCUT2D eigenvalue weighted by Gasteiger charge is 2.08. The molecule has 2 N–H and O–H groups in total. The van der Waals surface area contributed by atoms with Crippen LogP contribution in [-0.4, -0.2) is 19.2 Å². The van der Waals surface area contributed by atoms with Crippen LogP contribution in [0.4, 0.5) is 10.5 Å². The van der Waals surface area contributed by atoms with Crippen molar-refractivity contribution >= 4 is 11.7 Å². The van der Waals surface area contributed by atoms with Crippen molar-refractivity contribution in [2.75, 3.05) is 18.5 Å². The number of para-hydroxylation sites is 1. The predicted molar refractivity (Wildman–Crippen MR) is 98.9 cm³/mol. The number of carbonyl (C=O) groups excluding carboxylic acids is 1. The summed E-state index contributed by atoms with van der Waals surface area (Å²) >= 11 is 0. The molecule has 0 saturated heterocycles. The molecule has 0 aliphatic carbocycles. The summed E-state index contributed by atoms with van der Waals surface area (Å²) in [4.78, 5) is 12.1. The number of hydrogen-bond acceptors (Lipinski definition) is 2. The van der Waals surface area contributed by atoms with Gasteiger partial charge in [-0.05, 0) is 48.6 Å². The SMILES string of the molecule is CCc1cccc(OCCNC(=O)Nc2c(C)cccc2CC)c1. The van der Waals surface area contributed by atoms with Gasteiger partial charge in [-0.1, -0.05) is 44.2 Å². The molecule has 0 aromatic heterocycles. The Bertz CT molecular complexity index is 683. The van der Waals surface area contributed by atoms with E-state index in [0.717, 1.165) is 35.4 Å². The summed E-state index contributed by atoms with van der Waals surface area (Å²) in [7, 11) is 0. The molecule has 0 heterocycles. The van der Waals surface area contributed by atoms with Crippen molar-refractivity contribution in [3.63, 3.8) is 0 Å². The second-order valence-corrected chi connectivity index (χ2v) is 5.69. The van der Waals surface area contributed by atoms with Crippen molar-refractivity contribution in [3.8, 4) is 5.75 Å². The van der Waals surface area contributed by atoms with E-state index >= 15 is 0 Å². The topological polar surface area (TPSA) is 50.4 Å². The van der Waals surface area contributed by atoms with Gasteiger partial charge in [0.25, 0.3) is 0 Å². The number of aryl methyl sites for hydroxylation is 3. The fourth-order valence-corrected chi connectivity index (χ4v) is 2.55. The Balaban J connectivity index is 1.79. The van der Waals surface area contributed by atoms with Gasteiger partial charge < -0.3 is 15.4 Å². The lowest BCUT2D eigenvalue weighted by molar-refractivity contribution is 0.247. The molecule has 0 saturated carbocycles. The predicted octanol–water partition coefficient (Wildman–Crippen LogP) is 4.32. The molecule has 2 rings (SSSR count). The Kier molecular flexibility index (Phi) is 6.67. The van der Waals surface area contributed by atoms with E-state index in [4.69, 9.17) is 4.74 Å². The molecule has 4 heteroatoms. The maximum atomic E-state index is 12.1. The van der Waals surface area contributed by atoms with Gasteiger partial charge in [-0.15, -0.1) is 0 Å². The first-order valence-corrected chi connectivity index (χ1v) is 8.49. The minimum Gasteiger partial charge on any atom is -0.492 e. The molecule has 2 aromatic carbocycles. The summed E-state index contributed by atoms with van der Waals surface area (Å²) in [5, 5.41) is 5.77. The lowest BCUT2D eigenvalue weighted by atomic mass is 10.1. The lowest BCUT2D eigenvalue weighted by Crippen LogP contribution is -2.32. The van der Waals surface area contributed by atoms with Crippen LogP contribution in [-0.2, 0) is 12.8 Å². The van der Waals surface area contributed by atoms with E-state index in [1.54, 1.807) is 0 Å². The Labute approximate surface area is 144 Å². The summed E-state index contributed by atoms with van der Waals surface area (Å²) in [5.74, 6) is 0.837. The largest absolute Gasteiger partial charge is 0.492 e. The maximum absolute atomic E-state index is 12.1. The highest BCUT2D eigenvalue weighted by molar-refractivity contribution is 5.91. The van der Waals surface area contributed by atoms with Gasteiger partial charge in [0.15, 0.2) is 0 Å². The van der Waals surface area contributed by atoms with E-state index in [1.807, 2.05) is 43.3 Å². The van der Waals surface area contributed by atoms with Crippen molar-refractivity contribution in [1.29, 1.82) is 0 Å². The second kappa shape index (κ2) is 8.96. The summed E-state index contributed by atoms with van der Waals surface area (Å²) in [5.41, 5.74) is 4.34. The van der Waals surface area contributed by atoms with Gasteiger partial charge in [0, 0.05) is 5.69 Å². The van der Waals surface area contributed by atoms with Crippen LogP contribution in [0.3, 0.4) is 0 Å². The summed E-state index contributed by atoms with van der Waals surface area (Å²) in [6.45, 7) is 7.08. The van der Waals surface area contributed by atoms with Crippen LogP contribution in [0, 0.1) is 6.92 Å². The zero-order valence-electron chi connectivity index (χ0n) is 14.7. The lowest BCUT2D eigenvalue weighted by Gasteiger charge is -2.14. The number of nitrogens with one attached hydrogen (secondary N) is 2. The minimum absolute atomic E-state index is 0.204. The normalized spacial score (nSPS) is 10.3. The number of benzene rings is 2. The van der Waals surface area contributed by atoms with Crippen LogP contribution < -0.4 is 15.4 Å². The van der Waals surface area contributed by atoms with Crippen LogP contribution in [0.15, 0.2) is 42.5 Å². The first-order chi connectivity index (χ1) is 11.6. The quantitative estimate of drug-likeness (QED) is 0.745. The maximum Gasteiger partial charge on any atom is 0.319 e. The number of hydrogen-bond donors (Lipinski definition) is 2. The number of urea groups is 1. The molecule has 0 spiro atoms. The molecule has 0 aliphatic heterocycles. The van der Waals surface area contributed by atoms with E-state index in [9.17, 15) is 4.79 Å². The van der Waals surface area contributed by atoms with Gasteiger partial charge in [-0.2, -0.15) is 0 Å². The summed E-state index contributed by atoms with van der Waals surface area (Å²) in [6.07, 6.45) is 1.86. The van der Waals surface area contributed by atoms with E-state index in [0.29, 0.717) is 13.2 Å². The number of ether oxygens (including phenoxy) is 1. The molecule has 0 bridgehead atoms. The first kappa shape index (κ1) is 17.9. The highest BCUT2D eigenvalue weighted by Crippen LogP contribution is 2.20. The Morgan fingerprint density at radius 2 is 1.88 bits per heavy atom. The van der Waals surface area contributed by atoms with Gasteiger partial charge in [-0.3, -0.25) is 0 Å². The molecular weight excluding hydrogens is 300 g/mol. The number of anilines is 1. The molecule has 0 atom stereocenters. The third-order valence-corrected chi connectivity index (χ3v) is 3.94. The molecule has 24 heavy (non-hydrogen) atoms. The Morgan fingerprint density at radius 1 is 1.08 bits per heavy atom. The number of carbonyl (C=O) groups is 1. The molecule has 0 unspecified atom stereocenters. The van der Waals surface area contributed by atoms with Gasteiger partial charge in [0.2, 0.25) is 0 Å². The average molecular weight is 326 g/mol. The van der Waals surface area contributed by atoms with Crippen LogP contribution in [0.25, 0.3) is 0 Å². The van der Waals surface area contributed by atoms with Crippen molar-refractivity contribution in [2.45, 2.75) is 33.6 Å². The smallest absolute Gasteiger partial charge is 0.319 e. The summed E-state index contributed by atoms with van der Waals surface area (Å²) in [6, 6.07) is 13.9. The third-order valence-electron chi connectivity index (χ3n) is 3.94. The van der Waals surface area contributed by atoms with Crippen molar-refractivity contribution in [3.05, 3.63) is 59.2 Å². The molecule has 2 aromatic rings. The van der Waals surface area contributed by atoms with Gasteiger partial charge in [0.1, 0.15) is 12.4 Å². The highest BCUT2D eigenvalue weighted by atomic mass is 16.5. The van der Waals surface area contributed by atoms with Crippen LogP contribution in [0.5, 0.6) is 5.75 Å². The number of rotatable bonds is 7. The van der Waals surface area contributed by atoms with Gasteiger partial charge in [-0.25, -0.2) is 4.79 Å². The van der Waals surface area contributed by atoms with E-state index in [2.05, 4.69) is 30.5 Å². The van der Waals surface area contributed by atoms with Crippen molar-refractivity contribution in [1.82, 2.24) is 5.32 Å². The molecule has 0 radical (unpaired) electrons. The average Bonchev–Trinajstić information content (AvgIpc) is 2.60. The van der Waals surface area contributed by atoms with E-state index in [-0.39, 0.29) is 6.03 Å². The van der Waals surface area contributed by atoms with Crippen LogP contribution in [0.2, 0.25) is 0 Å². The standard InChI is InChI=1S/C20H26N2O2/c1-4-16-9-7-11-18(14-16)24-13-12-21-20(23)22-19-15(3)8-6-10-17(19)5-2/h6-11,14H,4-5,12-13H2,1-3H3,(H2,21,22,23). The van der Waals surface area contributed by atoms with Gasteiger partial charge in [0.05, 0.1) is 6.54 Å². The van der Waals surface area contributed by atoms with Crippen molar-refractivity contribution in [2.24, 2.45) is 0 Å². The van der Waals surface area contributed by atoms with Crippen LogP contribution >= 0.6 is 0 Å². The fraction of sp³-hybridized carbons (Fsp3) is 0.350. The minimum atomic E-state index is -0.204. The second-order valence-electron chi connectivity index (χ2n) is 5.69. The van der Waals surface area contributed by atoms with Gasteiger partial charge >= 0.3 is 6.03 Å². The first-order valence-electron chi connectivity index (χ1n) is 8.49. The van der Waals surface area contributed by atoms with Crippen LogP contribution in [0.1, 0.15) is 30.5 Å². The number of amides is 2. The fourth-order valence-electron chi connectivity index (χ4n) is 2.55.